The first-order chi connectivity index (χ1) is 8.07. The number of hydrogen-bond donors (Lipinski definition) is 1. The van der Waals surface area contributed by atoms with Gasteiger partial charge in [0.25, 0.3) is 0 Å². The largest absolute Gasteiger partial charge is 0.495 e. The summed E-state index contributed by atoms with van der Waals surface area (Å²) in [5.41, 5.74) is 7.12. The van der Waals surface area contributed by atoms with Crippen LogP contribution in [-0.4, -0.2) is 26.4 Å². The van der Waals surface area contributed by atoms with E-state index in [2.05, 4.69) is 6.07 Å². The van der Waals surface area contributed by atoms with E-state index in [-0.39, 0.29) is 11.5 Å². The van der Waals surface area contributed by atoms with E-state index < -0.39 is 0 Å². The summed E-state index contributed by atoms with van der Waals surface area (Å²) in [5, 5.41) is 0.640. The molecule has 17 heavy (non-hydrogen) atoms. The average molecular weight is 256 g/mol. The molecule has 94 valence electrons. The number of hydrogen-bond acceptors (Lipinski definition) is 3. The van der Waals surface area contributed by atoms with Gasteiger partial charge in [-0.1, -0.05) is 17.7 Å². The number of rotatable bonds is 4. The molecule has 2 N–H and O–H groups in total. The normalized spacial score (nSPS) is 19.5. The number of ether oxygens (including phenoxy) is 2. The minimum absolute atomic E-state index is 0.0318. The van der Waals surface area contributed by atoms with E-state index in [0.29, 0.717) is 10.8 Å². The van der Waals surface area contributed by atoms with Gasteiger partial charge < -0.3 is 15.2 Å². The fourth-order valence-electron chi connectivity index (χ4n) is 2.36. The van der Waals surface area contributed by atoms with Gasteiger partial charge >= 0.3 is 0 Å². The number of nitrogens with two attached hydrogens (primary N) is 1. The van der Waals surface area contributed by atoms with E-state index in [1.54, 1.807) is 7.11 Å². The molecule has 0 radical (unpaired) electrons. The molecule has 0 spiro atoms. The summed E-state index contributed by atoms with van der Waals surface area (Å²) in [4.78, 5) is 0. The molecule has 1 aliphatic heterocycles. The molecule has 0 aromatic heterocycles. The van der Waals surface area contributed by atoms with E-state index in [0.717, 1.165) is 19.6 Å². The van der Waals surface area contributed by atoms with Crippen molar-refractivity contribution in [3.8, 4) is 5.75 Å². The van der Waals surface area contributed by atoms with Gasteiger partial charge in [-0.2, -0.15) is 0 Å². The molecule has 0 amide bonds. The third-order valence-electron chi connectivity index (χ3n) is 3.23. The van der Waals surface area contributed by atoms with Crippen molar-refractivity contribution in [2.24, 2.45) is 5.73 Å². The lowest BCUT2D eigenvalue weighted by atomic mass is 9.74. The molecule has 1 aromatic rings. The summed E-state index contributed by atoms with van der Waals surface area (Å²) in [6.07, 6.45) is 0.912. The van der Waals surface area contributed by atoms with Gasteiger partial charge in [-0.05, 0) is 31.0 Å². The molecule has 0 saturated carbocycles. The smallest absolute Gasteiger partial charge is 0.137 e. The van der Waals surface area contributed by atoms with Crippen LogP contribution in [-0.2, 0) is 10.2 Å². The highest BCUT2D eigenvalue weighted by atomic mass is 35.5. The summed E-state index contributed by atoms with van der Waals surface area (Å²) in [6, 6.07) is 6.07. The van der Waals surface area contributed by atoms with Crippen LogP contribution in [0, 0.1) is 0 Å². The van der Waals surface area contributed by atoms with E-state index in [1.165, 1.54) is 5.56 Å². The molecule has 1 saturated heterocycles. The predicted molar refractivity (Wildman–Crippen MR) is 68.8 cm³/mol. The quantitative estimate of drug-likeness (QED) is 0.898. The van der Waals surface area contributed by atoms with E-state index >= 15 is 0 Å². The van der Waals surface area contributed by atoms with Crippen molar-refractivity contribution >= 4 is 11.6 Å². The molecular weight excluding hydrogens is 238 g/mol. The van der Waals surface area contributed by atoms with Gasteiger partial charge in [0.05, 0.1) is 25.3 Å². The summed E-state index contributed by atoms with van der Waals surface area (Å²) in [5.74, 6) is 0.701. The van der Waals surface area contributed by atoms with Crippen LogP contribution in [0.15, 0.2) is 18.2 Å². The third-order valence-corrected chi connectivity index (χ3v) is 3.53. The molecular formula is C13H18ClNO2. The average Bonchev–Trinajstić information content (AvgIpc) is 2.23. The SMILES string of the molecule is COc1ccc(C2(CC(C)N)COC2)cc1Cl. The molecule has 0 aliphatic carbocycles. The van der Waals surface area contributed by atoms with Crippen LogP contribution >= 0.6 is 11.6 Å². The lowest BCUT2D eigenvalue weighted by Gasteiger charge is -2.43. The maximum absolute atomic E-state index is 6.16. The first-order valence-corrected chi connectivity index (χ1v) is 6.12. The van der Waals surface area contributed by atoms with Crippen molar-refractivity contribution in [1.29, 1.82) is 0 Å². The van der Waals surface area contributed by atoms with Crippen LogP contribution in [0.25, 0.3) is 0 Å². The molecule has 1 heterocycles. The third kappa shape index (κ3) is 2.41. The van der Waals surface area contributed by atoms with Crippen molar-refractivity contribution in [2.45, 2.75) is 24.8 Å². The molecule has 1 atom stereocenters. The minimum atomic E-state index is 0.0318. The predicted octanol–water partition coefficient (Wildman–Crippen LogP) is 2.35. The van der Waals surface area contributed by atoms with Crippen molar-refractivity contribution in [3.63, 3.8) is 0 Å². The van der Waals surface area contributed by atoms with Gasteiger partial charge in [0.2, 0.25) is 0 Å². The highest BCUT2D eigenvalue weighted by Crippen LogP contribution is 2.39. The number of benzene rings is 1. The Labute approximate surface area is 107 Å². The Morgan fingerprint density at radius 1 is 1.53 bits per heavy atom. The standard InChI is InChI=1S/C13H18ClNO2/c1-9(15)6-13(7-17-8-13)10-3-4-12(16-2)11(14)5-10/h3-5,9H,6-8,15H2,1-2H3. The van der Waals surface area contributed by atoms with Gasteiger partial charge in [-0.3, -0.25) is 0 Å². The second-order valence-electron chi connectivity index (χ2n) is 4.80. The van der Waals surface area contributed by atoms with Crippen LogP contribution in [0.5, 0.6) is 5.75 Å². The second-order valence-corrected chi connectivity index (χ2v) is 5.21. The van der Waals surface area contributed by atoms with Crippen molar-refractivity contribution < 1.29 is 9.47 Å². The zero-order valence-electron chi connectivity index (χ0n) is 10.2. The Bertz CT molecular complexity index is 402. The molecule has 1 aliphatic rings. The van der Waals surface area contributed by atoms with E-state index in [1.807, 2.05) is 19.1 Å². The van der Waals surface area contributed by atoms with Crippen LogP contribution in [0.1, 0.15) is 18.9 Å². The molecule has 1 unspecified atom stereocenters. The fourth-order valence-corrected chi connectivity index (χ4v) is 2.62. The maximum Gasteiger partial charge on any atom is 0.137 e. The Morgan fingerprint density at radius 3 is 2.65 bits per heavy atom. The van der Waals surface area contributed by atoms with Gasteiger partial charge in [0.1, 0.15) is 5.75 Å². The maximum atomic E-state index is 6.16. The summed E-state index contributed by atoms with van der Waals surface area (Å²) < 4.78 is 10.5. The van der Waals surface area contributed by atoms with Gasteiger partial charge in [0.15, 0.2) is 0 Å². The van der Waals surface area contributed by atoms with Crippen molar-refractivity contribution in [2.75, 3.05) is 20.3 Å². The summed E-state index contributed by atoms with van der Waals surface area (Å²) in [7, 11) is 1.62. The zero-order chi connectivity index (χ0) is 12.5. The van der Waals surface area contributed by atoms with Crippen LogP contribution in [0.3, 0.4) is 0 Å². The zero-order valence-corrected chi connectivity index (χ0v) is 11.0. The second kappa shape index (κ2) is 4.84. The van der Waals surface area contributed by atoms with Gasteiger partial charge in [0, 0.05) is 11.5 Å². The van der Waals surface area contributed by atoms with Crippen molar-refractivity contribution in [1.82, 2.24) is 0 Å². The molecule has 2 rings (SSSR count). The Balaban J connectivity index is 2.28. The highest BCUT2D eigenvalue weighted by molar-refractivity contribution is 6.32. The van der Waals surface area contributed by atoms with Crippen molar-refractivity contribution in [3.05, 3.63) is 28.8 Å². The van der Waals surface area contributed by atoms with Crippen LogP contribution in [0.2, 0.25) is 5.02 Å². The molecule has 3 nitrogen and oxygen atoms in total. The van der Waals surface area contributed by atoms with Crippen LogP contribution < -0.4 is 10.5 Å². The fraction of sp³-hybridized carbons (Fsp3) is 0.538. The number of methoxy groups -OCH3 is 1. The lowest BCUT2D eigenvalue weighted by molar-refractivity contribution is -0.0665. The number of halogens is 1. The topological polar surface area (TPSA) is 44.5 Å². The minimum Gasteiger partial charge on any atom is -0.495 e. The summed E-state index contributed by atoms with van der Waals surface area (Å²) >= 11 is 6.16. The highest BCUT2D eigenvalue weighted by Gasteiger charge is 2.41. The molecule has 1 fully saturated rings. The van der Waals surface area contributed by atoms with Crippen LogP contribution in [0.4, 0.5) is 0 Å². The monoisotopic (exact) mass is 255 g/mol. The lowest BCUT2D eigenvalue weighted by Crippen LogP contribution is -2.49. The first-order valence-electron chi connectivity index (χ1n) is 5.75. The Morgan fingerprint density at radius 2 is 2.24 bits per heavy atom. The van der Waals surface area contributed by atoms with Gasteiger partial charge in [-0.15, -0.1) is 0 Å². The molecule has 4 heteroatoms. The van der Waals surface area contributed by atoms with E-state index in [4.69, 9.17) is 26.8 Å². The Hall–Kier alpha value is -0.770. The molecule has 0 bridgehead atoms. The first kappa shape index (κ1) is 12.7. The Kier molecular flexibility index (Phi) is 3.61. The van der Waals surface area contributed by atoms with Gasteiger partial charge in [-0.25, -0.2) is 0 Å². The molecule has 1 aromatic carbocycles. The summed E-state index contributed by atoms with van der Waals surface area (Å²) in [6.45, 7) is 3.46. The van der Waals surface area contributed by atoms with E-state index in [9.17, 15) is 0 Å².